The van der Waals surface area contributed by atoms with Crippen molar-refractivity contribution in [1.29, 1.82) is 0 Å². The zero-order chi connectivity index (χ0) is 28.6. The summed E-state index contributed by atoms with van der Waals surface area (Å²) in [6, 6.07) is 0. The van der Waals surface area contributed by atoms with Crippen LogP contribution in [0.15, 0.2) is 48.6 Å². The summed E-state index contributed by atoms with van der Waals surface area (Å²) in [6.07, 6.45) is -1.58. The van der Waals surface area contributed by atoms with Crippen LogP contribution in [0.3, 0.4) is 0 Å². The van der Waals surface area contributed by atoms with Crippen LogP contribution in [0, 0.1) is 33.5 Å². The van der Waals surface area contributed by atoms with Crippen molar-refractivity contribution in [3.8, 4) is 0 Å². The fourth-order valence-corrected chi connectivity index (χ4v) is 7.84. The van der Waals surface area contributed by atoms with E-state index in [1.165, 1.54) is 0 Å². The van der Waals surface area contributed by atoms with Gasteiger partial charge in [-0.1, -0.05) is 48.6 Å². The van der Waals surface area contributed by atoms with Crippen molar-refractivity contribution in [2.45, 2.75) is 25.7 Å². The quantitative estimate of drug-likeness (QED) is 0.231. The number of hydrogen-bond acceptors (Lipinski definition) is 10. The molecule has 10 heteroatoms. The standard InChI is InChI=1S/C28H30O10/c1-13-9-25(21(31)35-5)17-18(26(19(25)29,10-14(13)2)22(32)36-6)28(24(34)38-8)12-16(4)15(3)11-27(17,20(28)30)23(33)37-7/h17-18H,1-4,9-12H2,5-8H3/t17?,18?,25-,26+,27-,28+. The van der Waals surface area contributed by atoms with E-state index in [0.717, 1.165) is 28.4 Å². The average molecular weight is 527 g/mol. The summed E-state index contributed by atoms with van der Waals surface area (Å²) in [6.45, 7) is 15.9. The largest absolute Gasteiger partial charge is 0.468 e. The molecular formula is C28H30O10. The minimum atomic E-state index is -2.28. The monoisotopic (exact) mass is 526 g/mol. The van der Waals surface area contributed by atoms with Crippen LogP contribution in [0.2, 0.25) is 0 Å². The second-order valence-electron chi connectivity index (χ2n) is 10.6. The maximum atomic E-state index is 14.7. The molecule has 0 aromatic heterocycles. The van der Waals surface area contributed by atoms with Gasteiger partial charge < -0.3 is 18.9 Å². The Labute approximate surface area is 219 Å². The molecule has 4 atom stereocenters. The minimum Gasteiger partial charge on any atom is -0.468 e. The molecule has 0 aromatic carbocycles. The number of ketones is 2. The van der Waals surface area contributed by atoms with Crippen LogP contribution < -0.4 is 0 Å². The summed E-state index contributed by atoms with van der Waals surface area (Å²) in [5.74, 6) is -9.27. The van der Waals surface area contributed by atoms with Gasteiger partial charge in [-0.2, -0.15) is 0 Å². The van der Waals surface area contributed by atoms with Gasteiger partial charge in [0.15, 0.2) is 11.6 Å². The maximum Gasteiger partial charge on any atom is 0.320 e. The summed E-state index contributed by atoms with van der Waals surface area (Å²) in [5, 5.41) is 0. The molecule has 0 heterocycles. The van der Waals surface area contributed by atoms with Gasteiger partial charge in [-0.25, -0.2) is 0 Å². The topological polar surface area (TPSA) is 139 Å². The van der Waals surface area contributed by atoms with Crippen LogP contribution in [-0.4, -0.2) is 63.9 Å². The minimum absolute atomic E-state index is 0.259. The lowest BCUT2D eigenvalue weighted by Crippen LogP contribution is -2.56. The van der Waals surface area contributed by atoms with Crippen LogP contribution in [0.25, 0.3) is 0 Å². The van der Waals surface area contributed by atoms with Gasteiger partial charge in [0, 0.05) is 11.8 Å². The first-order valence-corrected chi connectivity index (χ1v) is 11.9. The van der Waals surface area contributed by atoms with E-state index >= 15 is 0 Å². The number of hydrogen-bond donors (Lipinski definition) is 0. The molecule has 4 aliphatic rings. The van der Waals surface area contributed by atoms with E-state index in [-0.39, 0.29) is 22.3 Å². The predicted octanol–water partition coefficient (Wildman–Crippen LogP) is 1.83. The Morgan fingerprint density at radius 1 is 0.526 bits per heavy atom. The molecule has 202 valence electrons. The second kappa shape index (κ2) is 8.34. The highest BCUT2D eigenvalue weighted by Crippen LogP contribution is 2.78. The first-order valence-electron chi connectivity index (χ1n) is 11.9. The van der Waals surface area contributed by atoms with E-state index < -0.39 is 94.6 Å². The lowest BCUT2D eigenvalue weighted by molar-refractivity contribution is -0.172. The Kier molecular flexibility index (Phi) is 5.98. The first-order chi connectivity index (χ1) is 17.7. The zero-order valence-electron chi connectivity index (χ0n) is 21.9. The lowest BCUT2D eigenvalue weighted by atomic mass is 9.57. The third-order valence-electron chi connectivity index (χ3n) is 9.25. The molecule has 4 bridgehead atoms. The molecule has 0 aliphatic heterocycles. The average Bonchev–Trinajstić information content (AvgIpc) is 3.18. The van der Waals surface area contributed by atoms with E-state index in [9.17, 15) is 28.8 Å². The summed E-state index contributed by atoms with van der Waals surface area (Å²) in [7, 11) is 4.21. The van der Waals surface area contributed by atoms with Crippen LogP contribution >= 0.6 is 0 Å². The molecule has 0 radical (unpaired) electrons. The van der Waals surface area contributed by atoms with Gasteiger partial charge in [-0.05, 0) is 25.7 Å². The Morgan fingerprint density at radius 2 is 0.711 bits per heavy atom. The van der Waals surface area contributed by atoms with E-state index in [1.54, 1.807) is 0 Å². The van der Waals surface area contributed by atoms with Gasteiger partial charge in [-0.3, -0.25) is 28.8 Å². The van der Waals surface area contributed by atoms with Gasteiger partial charge in [0.2, 0.25) is 0 Å². The van der Waals surface area contributed by atoms with Gasteiger partial charge in [0.1, 0.15) is 21.7 Å². The van der Waals surface area contributed by atoms with E-state index in [2.05, 4.69) is 26.3 Å². The number of methoxy groups -OCH3 is 4. The van der Waals surface area contributed by atoms with Crippen molar-refractivity contribution < 1.29 is 47.7 Å². The molecule has 0 N–H and O–H groups in total. The molecule has 4 fully saturated rings. The number of rotatable bonds is 4. The van der Waals surface area contributed by atoms with Crippen LogP contribution in [0.4, 0.5) is 0 Å². The number of Topliss-reactive ketones (excluding diaryl/α,β-unsaturated/α-hetero) is 2. The molecule has 0 aromatic rings. The first kappa shape index (κ1) is 27.2. The Balaban J connectivity index is 2.31. The highest BCUT2D eigenvalue weighted by Gasteiger charge is 2.91. The number of carbonyl (C=O) groups is 6. The third-order valence-corrected chi connectivity index (χ3v) is 9.25. The van der Waals surface area contributed by atoms with Crippen LogP contribution in [-0.2, 0) is 47.7 Å². The number of ether oxygens (including phenoxy) is 4. The SMILES string of the molecule is C=C1C[C@]2(C(=O)OC)C(=O)[C@](C(=O)OC)(CC1=C)C1C2[C@]2(C(=O)OC)CC(=C)C(=C)C[C@@]1(C(=O)OC)C2=O. The molecule has 38 heavy (non-hydrogen) atoms. The molecule has 4 rings (SSSR count). The van der Waals surface area contributed by atoms with Gasteiger partial charge in [-0.15, -0.1) is 0 Å². The highest BCUT2D eigenvalue weighted by molar-refractivity contribution is 6.26. The van der Waals surface area contributed by atoms with E-state index in [4.69, 9.17) is 18.9 Å². The fraction of sp³-hybridized carbons (Fsp3) is 0.500. The number of allylic oxidation sites excluding steroid dienone is 4. The molecule has 10 nitrogen and oxygen atoms in total. The van der Waals surface area contributed by atoms with Gasteiger partial charge in [0.25, 0.3) is 0 Å². The lowest BCUT2D eigenvalue weighted by Gasteiger charge is -2.43. The normalized spacial score (nSPS) is 37.7. The molecule has 4 aliphatic carbocycles. The van der Waals surface area contributed by atoms with Gasteiger partial charge >= 0.3 is 23.9 Å². The molecule has 0 saturated heterocycles. The van der Waals surface area contributed by atoms with E-state index in [1.807, 2.05) is 0 Å². The maximum absolute atomic E-state index is 14.7. The van der Waals surface area contributed by atoms with Crippen molar-refractivity contribution in [2.24, 2.45) is 33.5 Å². The number of fused-ring (bicyclic) bond motifs is 9. The summed E-state index contributed by atoms with van der Waals surface area (Å²) in [4.78, 5) is 84.6. The Hall–Kier alpha value is -3.82. The van der Waals surface area contributed by atoms with Crippen molar-refractivity contribution in [2.75, 3.05) is 28.4 Å². The van der Waals surface area contributed by atoms with Crippen molar-refractivity contribution in [1.82, 2.24) is 0 Å². The summed E-state index contributed by atoms with van der Waals surface area (Å²) in [5.41, 5.74) is -8.06. The van der Waals surface area contributed by atoms with Crippen molar-refractivity contribution in [3.05, 3.63) is 48.6 Å². The van der Waals surface area contributed by atoms with Crippen LogP contribution in [0.5, 0.6) is 0 Å². The summed E-state index contributed by atoms with van der Waals surface area (Å²) >= 11 is 0. The van der Waals surface area contributed by atoms with Crippen molar-refractivity contribution >= 4 is 35.4 Å². The third kappa shape index (κ3) is 2.67. The number of carbonyl (C=O) groups excluding carboxylic acids is 6. The van der Waals surface area contributed by atoms with Gasteiger partial charge in [0.05, 0.1) is 28.4 Å². The molecule has 0 amide bonds. The molecule has 0 spiro atoms. The zero-order valence-corrected chi connectivity index (χ0v) is 21.9. The van der Waals surface area contributed by atoms with Crippen LogP contribution in [0.1, 0.15) is 25.7 Å². The molecule has 4 saturated carbocycles. The highest BCUT2D eigenvalue weighted by atomic mass is 16.5. The summed E-state index contributed by atoms with van der Waals surface area (Å²) < 4.78 is 20.5. The Morgan fingerprint density at radius 3 is 0.868 bits per heavy atom. The second-order valence-corrected chi connectivity index (χ2v) is 10.6. The molecule has 0 unspecified atom stereocenters. The predicted molar refractivity (Wildman–Crippen MR) is 130 cm³/mol. The smallest absolute Gasteiger partial charge is 0.320 e. The molecular weight excluding hydrogens is 496 g/mol. The van der Waals surface area contributed by atoms with E-state index in [0.29, 0.717) is 0 Å². The fourth-order valence-electron chi connectivity index (χ4n) is 7.84. The Bertz CT molecular complexity index is 1100. The number of esters is 4. The van der Waals surface area contributed by atoms with Crippen molar-refractivity contribution in [3.63, 3.8) is 0 Å².